The van der Waals surface area contributed by atoms with Crippen LogP contribution in [0.3, 0.4) is 0 Å². The number of carbonyl (C=O) groups is 1. The summed E-state index contributed by atoms with van der Waals surface area (Å²) in [4.78, 5) is 15.1. The normalized spacial score (nSPS) is 10.4. The molecule has 1 amide bonds. The number of likely N-dealkylation sites (N-methyl/N-ethyl adjacent to an activating group) is 1. The molecular weight excluding hydrogens is 342 g/mol. The SMILES string of the molecule is CN(CC(=O)Nc1ccccc1SCC#N)Cc1ccccc1Cl. The Kier molecular flexibility index (Phi) is 7.13. The van der Waals surface area contributed by atoms with Gasteiger partial charge in [0.05, 0.1) is 24.1 Å². The fourth-order valence-corrected chi connectivity index (χ4v) is 3.08. The van der Waals surface area contributed by atoms with E-state index in [1.165, 1.54) is 11.8 Å². The van der Waals surface area contributed by atoms with E-state index in [4.69, 9.17) is 16.9 Å². The average Bonchev–Trinajstić information content (AvgIpc) is 2.56. The van der Waals surface area contributed by atoms with E-state index >= 15 is 0 Å². The highest BCUT2D eigenvalue weighted by Crippen LogP contribution is 2.26. The number of rotatable bonds is 7. The number of nitrogens with one attached hydrogen (secondary N) is 1. The molecule has 0 aliphatic carbocycles. The van der Waals surface area contributed by atoms with Crippen LogP contribution in [-0.4, -0.2) is 30.2 Å². The quantitative estimate of drug-likeness (QED) is 0.758. The largest absolute Gasteiger partial charge is 0.324 e. The van der Waals surface area contributed by atoms with E-state index in [0.29, 0.717) is 17.3 Å². The number of carbonyl (C=O) groups excluding carboxylic acids is 1. The van der Waals surface area contributed by atoms with Crippen molar-refractivity contribution in [2.45, 2.75) is 11.4 Å². The molecule has 0 heterocycles. The highest BCUT2D eigenvalue weighted by molar-refractivity contribution is 7.99. The van der Waals surface area contributed by atoms with Crippen molar-refractivity contribution in [1.29, 1.82) is 5.26 Å². The molecule has 1 N–H and O–H groups in total. The van der Waals surface area contributed by atoms with Crippen molar-refractivity contribution in [3.8, 4) is 6.07 Å². The Morgan fingerprint density at radius 3 is 2.71 bits per heavy atom. The summed E-state index contributed by atoms with van der Waals surface area (Å²) in [6, 6.07) is 17.2. The van der Waals surface area contributed by atoms with E-state index in [0.717, 1.165) is 16.1 Å². The third-order valence-corrected chi connectivity index (χ3v) is 4.57. The molecule has 0 saturated carbocycles. The lowest BCUT2D eigenvalue weighted by Crippen LogP contribution is -2.30. The van der Waals surface area contributed by atoms with Crippen molar-refractivity contribution in [3.63, 3.8) is 0 Å². The van der Waals surface area contributed by atoms with Gasteiger partial charge in [-0.05, 0) is 30.8 Å². The fraction of sp³-hybridized carbons (Fsp3) is 0.222. The molecule has 6 heteroatoms. The molecule has 0 radical (unpaired) electrons. The topological polar surface area (TPSA) is 56.1 Å². The maximum Gasteiger partial charge on any atom is 0.238 e. The molecule has 0 spiro atoms. The molecule has 0 bridgehead atoms. The number of halogens is 1. The summed E-state index contributed by atoms with van der Waals surface area (Å²) in [6.07, 6.45) is 0. The maximum atomic E-state index is 12.3. The first-order valence-electron chi connectivity index (χ1n) is 7.40. The molecule has 0 saturated heterocycles. The first-order valence-corrected chi connectivity index (χ1v) is 8.77. The number of benzene rings is 2. The van der Waals surface area contributed by atoms with Crippen molar-refractivity contribution in [2.24, 2.45) is 0 Å². The van der Waals surface area contributed by atoms with Gasteiger partial charge in [0.25, 0.3) is 0 Å². The molecule has 2 rings (SSSR count). The van der Waals surface area contributed by atoms with Crippen LogP contribution in [0.4, 0.5) is 5.69 Å². The highest BCUT2D eigenvalue weighted by Gasteiger charge is 2.11. The number of nitrogens with zero attached hydrogens (tertiary/aromatic N) is 2. The van der Waals surface area contributed by atoms with Crippen molar-refractivity contribution < 1.29 is 4.79 Å². The lowest BCUT2D eigenvalue weighted by Gasteiger charge is -2.17. The minimum absolute atomic E-state index is 0.102. The second-order valence-electron chi connectivity index (χ2n) is 5.25. The molecule has 124 valence electrons. The van der Waals surface area contributed by atoms with Crippen LogP contribution in [-0.2, 0) is 11.3 Å². The molecule has 0 aromatic heterocycles. The number of para-hydroxylation sites is 1. The van der Waals surface area contributed by atoms with Gasteiger partial charge in [0, 0.05) is 16.5 Å². The predicted octanol–water partition coefficient (Wildman–Crippen LogP) is 4.03. The first-order chi connectivity index (χ1) is 11.6. The van der Waals surface area contributed by atoms with E-state index in [9.17, 15) is 4.79 Å². The number of hydrogen-bond acceptors (Lipinski definition) is 4. The van der Waals surface area contributed by atoms with Crippen molar-refractivity contribution in [1.82, 2.24) is 4.90 Å². The fourth-order valence-electron chi connectivity index (χ4n) is 2.21. The Hall–Kier alpha value is -2.00. The van der Waals surface area contributed by atoms with Crippen LogP contribution in [0.1, 0.15) is 5.56 Å². The predicted molar refractivity (Wildman–Crippen MR) is 99.2 cm³/mol. The highest BCUT2D eigenvalue weighted by atomic mass is 35.5. The van der Waals surface area contributed by atoms with Crippen LogP contribution in [0.2, 0.25) is 5.02 Å². The summed E-state index contributed by atoms with van der Waals surface area (Å²) in [7, 11) is 1.87. The summed E-state index contributed by atoms with van der Waals surface area (Å²) < 4.78 is 0. The van der Waals surface area contributed by atoms with E-state index in [2.05, 4.69) is 11.4 Å². The van der Waals surface area contributed by atoms with Crippen LogP contribution in [0.15, 0.2) is 53.4 Å². The van der Waals surface area contributed by atoms with Gasteiger partial charge in [0.15, 0.2) is 0 Å². The Morgan fingerprint density at radius 2 is 1.96 bits per heavy atom. The summed E-state index contributed by atoms with van der Waals surface area (Å²) in [6.45, 7) is 0.848. The lowest BCUT2D eigenvalue weighted by molar-refractivity contribution is -0.117. The van der Waals surface area contributed by atoms with E-state index in [1.807, 2.05) is 60.5 Å². The summed E-state index contributed by atoms with van der Waals surface area (Å²) >= 11 is 7.55. The van der Waals surface area contributed by atoms with Crippen LogP contribution >= 0.6 is 23.4 Å². The Balaban J connectivity index is 1.94. The molecule has 2 aromatic rings. The zero-order valence-electron chi connectivity index (χ0n) is 13.3. The molecule has 0 fully saturated rings. The number of anilines is 1. The van der Waals surface area contributed by atoms with Gasteiger partial charge in [0.1, 0.15) is 0 Å². The standard InChI is InChI=1S/C18H18ClN3OS/c1-22(12-14-6-2-3-7-15(14)19)13-18(23)21-16-8-4-5-9-17(16)24-11-10-20/h2-9H,11-13H2,1H3,(H,21,23). The molecule has 4 nitrogen and oxygen atoms in total. The van der Waals surface area contributed by atoms with Crippen molar-refractivity contribution in [2.75, 3.05) is 24.7 Å². The van der Waals surface area contributed by atoms with Crippen molar-refractivity contribution >= 4 is 35.0 Å². The second-order valence-corrected chi connectivity index (χ2v) is 6.68. The summed E-state index contributed by atoms with van der Waals surface area (Å²) in [5.74, 6) is 0.244. The molecule has 24 heavy (non-hydrogen) atoms. The zero-order valence-corrected chi connectivity index (χ0v) is 14.9. The molecule has 0 aliphatic heterocycles. The van der Waals surface area contributed by atoms with Crippen LogP contribution < -0.4 is 5.32 Å². The minimum atomic E-state index is -0.102. The van der Waals surface area contributed by atoms with E-state index < -0.39 is 0 Å². The van der Waals surface area contributed by atoms with E-state index in [1.54, 1.807) is 0 Å². The van der Waals surface area contributed by atoms with Crippen LogP contribution in [0.5, 0.6) is 0 Å². The molecule has 2 aromatic carbocycles. The Morgan fingerprint density at radius 1 is 1.25 bits per heavy atom. The average molecular weight is 360 g/mol. The van der Waals surface area contributed by atoms with Crippen LogP contribution in [0, 0.1) is 11.3 Å². The van der Waals surface area contributed by atoms with Crippen LogP contribution in [0.25, 0.3) is 0 Å². The van der Waals surface area contributed by atoms with Gasteiger partial charge < -0.3 is 5.32 Å². The third-order valence-electron chi connectivity index (χ3n) is 3.26. The third kappa shape index (κ3) is 5.57. The van der Waals surface area contributed by atoms with Gasteiger partial charge in [0.2, 0.25) is 5.91 Å². The number of amides is 1. The maximum absolute atomic E-state index is 12.3. The van der Waals surface area contributed by atoms with E-state index in [-0.39, 0.29) is 12.5 Å². The first kappa shape index (κ1) is 18.3. The minimum Gasteiger partial charge on any atom is -0.324 e. The molecule has 0 aliphatic rings. The van der Waals surface area contributed by atoms with Gasteiger partial charge in [-0.1, -0.05) is 41.9 Å². The molecule has 0 unspecified atom stereocenters. The Labute approximate surface area is 151 Å². The lowest BCUT2D eigenvalue weighted by atomic mass is 10.2. The summed E-state index contributed by atoms with van der Waals surface area (Å²) in [5, 5.41) is 12.3. The summed E-state index contributed by atoms with van der Waals surface area (Å²) in [5.41, 5.74) is 1.72. The van der Waals surface area contributed by atoms with Crippen molar-refractivity contribution in [3.05, 3.63) is 59.1 Å². The number of nitriles is 1. The Bertz CT molecular complexity index is 745. The second kappa shape index (κ2) is 9.33. The van der Waals surface area contributed by atoms with Gasteiger partial charge in [-0.15, -0.1) is 11.8 Å². The molecular formula is C18H18ClN3OS. The van der Waals surface area contributed by atoms with Gasteiger partial charge in [-0.3, -0.25) is 9.69 Å². The van der Waals surface area contributed by atoms with Gasteiger partial charge >= 0.3 is 0 Å². The van der Waals surface area contributed by atoms with Gasteiger partial charge in [-0.25, -0.2) is 0 Å². The number of thioether (sulfide) groups is 1. The zero-order chi connectivity index (χ0) is 17.4. The smallest absolute Gasteiger partial charge is 0.238 e. The molecule has 0 atom stereocenters. The monoisotopic (exact) mass is 359 g/mol. The van der Waals surface area contributed by atoms with Gasteiger partial charge in [-0.2, -0.15) is 5.26 Å². The number of hydrogen-bond donors (Lipinski definition) is 1.